The summed E-state index contributed by atoms with van der Waals surface area (Å²) in [5.41, 5.74) is 1.55. The van der Waals surface area contributed by atoms with E-state index in [1.165, 1.54) is 0 Å². The molecule has 0 amide bonds. The van der Waals surface area contributed by atoms with Crippen LogP contribution in [-0.2, 0) is 16.1 Å². The highest BCUT2D eigenvalue weighted by atomic mass is 35.5. The van der Waals surface area contributed by atoms with E-state index in [4.69, 9.17) is 37.4 Å². The maximum Gasteiger partial charge on any atom is 0.335 e. The third-order valence-corrected chi connectivity index (χ3v) is 4.29. The Hall–Kier alpha value is -2.21. The van der Waals surface area contributed by atoms with Crippen LogP contribution in [0.2, 0.25) is 10.0 Å². The van der Waals surface area contributed by atoms with Crippen molar-refractivity contribution in [1.29, 1.82) is 0 Å². The Balaban J connectivity index is 2.17. The zero-order chi connectivity index (χ0) is 19.8. The van der Waals surface area contributed by atoms with E-state index in [1.54, 1.807) is 44.4 Å². The largest absolute Gasteiger partial charge is 0.489 e. The highest BCUT2D eigenvalue weighted by Crippen LogP contribution is 2.37. The van der Waals surface area contributed by atoms with Gasteiger partial charge < -0.3 is 19.3 Å². The van der Waals surface area contributed by atoms with Crippen molar-refractivity contribution in [2.45, 2.75) is 13.5 Å². The summed E-state index contributed by atoms with van der Waals surface area (Å²) in [6.45, 7) is 2.59. The van der Waals surface area contributed by atoms with Crippen LogP contribution in [-0.4, -0.2) is 31.4 Å². The third kappa shape index (κ3) is 5.63. The first-order chi connectivity index (χ1) is 13.0. The molecule has 0 spiro atoms. The van der Waals surface area contributed by atoms with Gasteiger partial charge >= 0.3 is 5.97 Å². The molecule has 1 N–H and O–H groups in total. The first kappa shape index (κ1) is 21.1. The van der Waals surface area contributed by atoms with Crippen LogP contribution in [0.3, 0.4) is 0 Å². The van der Waals surface area contributed by atoms with E-state index < -0.39 is 5.97 Å². The van der Waals surface area contributed by atoms with Gasteiger partial charge in [0.2, 0.25) is 0 Å². The van der Waals surface area contributed by atoms with E-state index in [2.05, 4.69) is 0 Å². The Labute approximate surface area is 168 Å². The number of allylic oxidation sites excluding steroid dienone is 1. The number of carboxylic acid groups (broad SMARTS) is 1. The number of carboxylic acids is 1. The molecule has 2 aromatic rings. The van der Waals surface area contributed by atoms with Crippen LogP contribution < -0.4 is 9.47 Å². The minimum absolute atomic E-state index is 0.164. The third-order valence-electron chi connectivity index (χ3n) is 3.73. The van der Waals surface area contributed by atoms with Crippen LogP contribution in [0.1, 0.15) is 18.1 Å². The van der Waals surface area contributed by atoms with Gasteiger partial charge in [0.15, 0.2) is 5.75 Å². The second-order valence-electron chi connectivity index (χ2n) is 5.51. The molecule has 2 rings (SSSR count). The molecule has 27 heavy (non-hydrogen) atoms. The van der Waals surface area contributed by atoms with Crippen molar-refractivity contribution >= 4 is 34.7 Å². The second kappa shape index (κ2) is 10.2. The molecule has 0 saturated carbocycles. The molecule has 0 fully saturated rings. The zero-order valence-electron chi connectivity index (χ0n) is 15.0. The lowest BCUT2D eigenvalue weighted by Crippen LogP contribution is -2.06. The Kier molecular flexibility index (Phi) is 7.98. The summed E-state index contributed by atoms with van der Waals surface area (Å²) in [6.07, 6.45) is 1.56. The van der Waals surface area contributed by atoms with Gasteiger partial charge in [-0.3, -0.25) is 0 Å². The smallest absolute Gasteiger partial charge is 0.335 e. The molecule has 0 aliphatic carbocycles. The average molecular weight is 411 g/mol. The van der Waals surface area contributed by atoms with Crippen LogP contribution in [0.25, 0.3) is 5.57 Å². The molecule has 0 aliphatic rings. The first-order valence-corrected chi connectivity index (χ1v) is 8.95. The Morgan fingerprint density at radius 2 is 1.78 bits per heavy atom. The highest BCUT2D eigenvalue weighted by molar-refractivity contribution is 6.37. The quantitative estimate of drug-likeness (QED) is 0.460. The number of rotatable bonds is 9. The number of aliphatic carboxylic acids is 1. The second-order valence-corrected chi connectivity index (χ2v) is 6.33. The van der Waals surface area contributed by atoms with Crippen LogP contribution in [0, 0.1) is 0 Å². The lowest BCUT2D eigenvalue weighted by Gasteiger charge is -2.14. The van der Waals surface area contributed by atoms with E-state index in [0.717, 1.165) is 5.56 Å². The van der Waals surface area contributed by atoms with Crippen molar-refractivity contribution in [2.75, 3.05) is 20.3 Å². The Morgan fingerprint density at radius 1 is 1.11 bits per heavy atom. The minimum Gasteiger partial charge on any atom is -0.489 e. The number of benzene rings is 2. The van der Waals surface area contributed by atoms with Crippen molar-refractivity contribution in [1.82, 2.24) is 0 Å². The molecule has 5 nitrogen and oxygen atoms in total. The maximum absolute atomic E-state index is 11.4. The van der Waals surface area contributed by atoms with Gasteiger partial charge in [-0.15, -0.1) is 0 Å². The maximum atomic E-state index is 11.4. The molecule has 0 aromatic heterocycles. The van der Waals surface area contributed by atoms with Crippen molar-refractivity contribution < 1.29 is 24.1 Å². The molecule has 0 unspecified atom stereocenters. The summed E-state index contributed by atoms with van der Waals surface area (Å²) in [4.78, 5) is 11.4. The standard InChI is InChI=1S/C20H20Cl2O5/c1-3-15(20(23)24)16-7-5-4-6-13(16)12-27-14-10-17(21)19(18(22)11-14)26-9-8-25-2/h3-7,10-11H,8-9,12H2,1-2H3,(H,23,24)/b15-3+. The fraction of sp³-hybridized carbons (Fsp3) is 0.250. The summed E-state index contributed by atoms with van der Waals surface area (Å²) < 4.78 is 16.2. The van der Waals surface area contributed by atoms with Gasteiger partial charge in [0.05, 0.1) is 22.2 Å². The SMILES string of the molecule is C/C=C(/C(=O)O)c1ccccc1COc1cc(Cl)c(OCCOC)c(Cl)c1. The summed E-state index contributed by atoms with van der Waals surface area (Å²) in [6, 6.07) is 10.4. The zero-order valence-corrected chi connectivity index (χ0v) is 16.5. The molecule has 2 aromatic carbocycles. The van der Waals surface area contributed by atoms with Crippen molar-refractivity contribution in [2.24, 2.45) is 0 Å². The predicted octanol–water partition coefficient (Wildman–Crippen LogP) is 5.09. The molecular weight excluding hydrogens is 391 g/mol. The molecule has 0 atom stereocenters. The van der Waals surface area contributed by atoms with Gasteiger partial charge in [-0.25, -0.2) is 4.79 Å². The molecular formula is C20H20Cl2O5. The van der Waals surface area contributed by atoms with E-state index in [-0.39, 0.29) is 12.2 Å². The van der Waals surface area contributed by atoms with Gasteiger partial charge in [0.1, 0.15) is 19.0 Å². The molecule has 0 bridgehead atoms. The fourth-order valence-electron chi connectivity index (χ4n) is 2.45. The molecule has 0 aliphatic heterocycles. The minimum atomic E-state index is -0.992. The van der Waals surface area contributed by atoms with Gasteiger partial charge in [0, 0.05) is 19.2 Å². The number of hydrogen-bond donors (Lipinski definition) is 1. The summed E-state index contributed by atoms with van der Waals surface area (Å²) in [5.74, 6) is -0.171. The Bertz CT molecular complexity index is 810. The average Bonchev–Trinajstić information content (AvgIpc) is 2.63. The number of ether oxygens (including phenoxy) is 3. The summed E-state index contributed by atoms with van der Waals surface area (Å²) in [5, 5.41) is 10.0. The van der Waals surface area contributed by atoms with Gasteiger partial charge in [-0.05, 0) is 18.1 Å². The molecule has 7 heteroatoms. The van der Waals surface area contributed by atoms with Crippen molar-refractivity contribution in [3.05, 3.63) is 63.6 Å². The van der Waals surface area contributed by atoms with Gasteiger partial charge in [-0.2, -0.15) is 0 Å². The molecule has 144 valence electrons. The number of hydrogen-bond acceptors (Lipinski definition) is 4. The van der Waals surface area contributed by atoms with E-state index in [9.17, 15) is 9.90 Å². The number of halogens is 2. The molecule has 0 radical (unpaired) electrons. The molecule has 0 saturated heterocycles. The van der Waals surface area contributed by atoms with Crippen molar-refractivity contribution in [3.8, 4) is 11.5 Å². The molecule has 0 heterocycles. The Morgan fingerprint density at radius 3 is 2.37 bits per heavy atom. The van der Waals surface area contributed by atoms with Gasteiger partial charge in [-0.1, -0.05) is 53.5 Å². The van der Waals surface area contributed by atoms with Crippen LogP contribution in [0.5, 0.6) is 11.5 Å². The topological polar surface area (TPSA) is 65.0 Å². The van der Waals surface area contributed by atoms with Crippen LogP contribution >= 0.6 is 23.2 Å². The normalized spacial score (nSPS) is 11.3. The van der Waals surface area contributed by atoms with Crippen LogP contribution in [0.4, 0.5) is 0 Å². The highest BCUT2D eigenvalue weighted by Gasteiger charge is 2.15. The van der Waals surface area contributed by atoms with Crippen molar-refractivity contribution in [3.63, 3.8) is 0 Å². The van der Waals surface area contributed by atoms with Gasteiger partial charge in [0.25, 0.3) is 0 Å². The number of carbonyl (C=O) groups is 1. The number of methoxy groups -OCH3 is 1. The summed E-state index contributed by atoms with van der Waals surface area (Å²) >= 11 is 12.4. The van der Waals surface area contributed by atoms with E-state index in [0.29, 0.717) is 40.3 Å². The first-order valence-electron chi connectivity index (χ1n) is 8.19. The van der Waals surface area contributed by atoms with Crippen LogP contribution in [0.15, 0.2) is 42.5 Å². The lowest BCUT2D eigenvalue weighted by atomic mass is 10.00. The fourth-order valence-corrected chi connectivity index (χ4v) is 3.03. The van der Waals surface area contributed by atoms with E-state index >= 15 is 0 Å². The monoisotopic (exact) mass is 410 g/mol. The summed E-state index contributed by atoms with van der Waals surface area (Å²) in [7, 11) is 1.57. The predicted molar refractivity (Wildman–Crippen MR) is 106 cm³/mol. The van der Waals surface area contributed by atoms with E-state index in [1.807, 2.05) is 12.1 Å². The lowest BCUT2D eigenvalue weighted by molar-refractivity contribution is -0.130.